The molecule has 2 aromatic rings. The topological polar surface area (TPSA) is 102 Å². The molecule has 0 aliphatic rings. The van der Waals surface area contributed by atoms with Gasteiger partial charge in [0.15, 0.2) is 11.5 Å². The van der Waals surface area contributed by atoms with Gasteiger partial charge in [-0.05, 0) is 40.2 Å². The van der Waals surface area contributed by atoms with E-state index in [1.807, 2.05) is 27.7 Å². The third kappa shape index (κ3) is 5.12. The summed E-state index contributed by atoms with van der Waals surface area (Å²) >= 11 is 0. The maximum Gasteiger partial charge on any atom is 0.328 e. The fraction of sp³-hybridized carbons (Fsp3) is 0.526. The summed E-state index contributed by atoms with van der Waals surface area (Å²) in [7, 11) is 0. The molecule has 2 rings (SSSR count). The standard InChI is InChI=1S/C19H27N3O5/c1-5-26-15-10-13-14(11-16(15)27-6-2)21-19(25)22(18(13)24)9-7-8-17(23)20-12(3)4/h10-12H,5-9H2,1-4H3,(H,20,23)(H,21,25). The molecule has 0 spiro atoms. The average Bonchev–Trinajstić information content (AvgIpc) is 2.59. The van der Waals surface area contributed by atoms with E-state index in [0.717, 1.165) is 4.57 Å². The highest BCUT2D eigenvalue weighted by molar-refractivity contribution is 5.81. The summed E-state index contributed by atoms with van der Waals surface area (Å²) in [5, 5.41) is 3.13. The molecule has 0 bridgehead atoms. The van der Waals surface area contributed by atoms with Gasteiger partial charge in [0.2, 0.25) is 5.91 Å². The van der Waals surface area contributed by atoms with Crippen molar-refractivity contribution in [1.29, 1.82) is 0 Å². The van der Waals surface area contributed by atoms with E-state index >= 15 is 0 Å². The minimum absolute atomic E-state index is 0.0563. The average molecular weight is 377 g/mol. The van der Waals surface area contributed by atoms with Crippen LogP contribution in [-0.2, 0) is 11.3 Å². The first-order valence-electron chi connectivity index (χ1n) is 9.23. The highest BCUT2D eigenvalue weighted by Gasteiger charge is 2.14. The molecular formula is C19H27N3O5. The zero-order valence-electron chi connectivity index (χ0n) is 16.3. The Labute approximate surface area is 157 Å². The number of amides is 1. The van der Waals surface area contributed by atoms with E-state index in [2.05, 4.69) is 10.3 Å². The van der Waals surface area contributed by atoms with Crippen LogP contribution >= 0.6 is 0 Å². The van der Waals surface area contributed by atoms with E-state index in [1.54, 1.807) is 12.1 Å². The number of hydrogen-bond acceptors (Lipinski definition) is 5. The predicted octanol–water partition coefficient (Wildman–Crippen LogP) is 1.79. The first-order valence-corrected chi connectivity index (χ1v) is 9.23. The van der Waals surface area contributed by atoms with Gasteiger partial charge in [0, 0.05) is 25.1 Å². The summed E-state index contributed by atoms with van der Waals surface area (Å²) in [6.07, 6.45) is 0.637. The van der Waals surface area contributed by atoms with Crippen molar-refractivity contribution in [3.05, 3.63) is 33.0 Å². The van der Waals surface area contributed by atoms with Gasteiger partial charge in [-0.2, -0.15) is 0 Å². The minimum atomic E-state index is -0.511. The largest absolute Gasteiger partial charge is 0.490 e. The number of nitrogens with one attached hydrogen (secondary N) is 2. The second-order valence-electron chi connectivity index (χ2n) is 6.42. The normalized spacial score (nSPS) is 11.0. The number of fused-ring (bicyclic) bond motifs is 1. The summed E-state index contributed by atoms with van der Waals surface area (Å²) < 4.78 is 12.2. The zero-order chi connectivity index (χ0) is 20.0. The molecule has 1 heterocycles. The van der Waals surface area contributed by atoms with Crippen molar-refractivity contribution in [2.24, 2.45) is 0 Å². The number of carbonyl (C=O) groups is 1. The van der Waals surface area contributed by atoms with Crippen molar-refractivity contribution < 1.29 is 14.3 Å². The summed E-state index contributed by atoms with van der Waals surface area (Å²) in [6, 6.07) is 3.25. The van der Waals surface area contributed by atoms with Crippen LogP contribution in [0.2, 0.25) is 0 Å². The molecule has 0 saturated heterocycles. The fourth-order valence-electron chi connectivity index (χ4n) is 2.79. The molecule has 0 radical (unpaired) electrons. The molecule has 0 aliphatic heterocycles. The minimum Gasteiger partial charge on any atom is -0.490 e. The maximum atomic E-state index is 12.8. The molecule has 0 fully saturated rings. The first kappa shape index (κ1) is 20.5. The lowest BCUT2D eigenvalue weighted by Gasteiger charge is -2.13. The Kier molecular flexibility index (Phi) is 7.04. The van der Waals surface area contributed by atoms with E-state index in [4.69, 9.17) is 9.47 Å². The van der Waals surface area contributed by atoms with Crippen LogP contribution in [0.3, 0.4) is 0 Å². The van der Waals surface area contributed by atoms with E-state index in [1.165, 1.54) is 0 Å². The van der Waals surface area contributed by atoms with Crippen LogP contribution in [0.25, 0.3) is 10.9 Å². The Bertz CT molecular complexity index is 914. The highest BCUT2D eigenvalue weighted by Crippen LogP contribution is 2.30. The van der Waals surface area contributed by atoms with Crippen LogP contribution in [0.15, 0.2) is 21.7 Å². The molecule has 0 atom stereocenters. The maximum absolute atomic E-state index is 12.8. The Morgan fingerprint density at radius 3 is 2.37 bits per heavy atom. The number of carbonyl (C=O) groups excluding carboxylic acids is 1. The number of aromatic nitrogens is 2. The molecule has 27 heavy (non-hydrogen) atoms. The third-order valence-corrected chi connectivity index (χ3v) is 3.88. The number of benzene rings is 1. The van der Waals surface area contributed by atoms with E-state index in [9.17, 15) is 14.4 Å². The molecule has 8 nitrogen and oxygen atoms in total. The second-order valence-corrected chi connectivity index (χ2v) is 6.42. The predicted molar refractivity (Wildman–Crippen MR) is 104 cm³/mol. The van der Waals surface area contributed by atoms with Crippen molar-refractivity contribution >= 4 is 16.8 Å². The van der Waals surface area contributed by atoms with E-state index in [0.29, 0.717) is 42.0 Å². The van der Waals surface area contributed by atoms with Crippen LogP contribution in [0.5, 0.6) is 11.5 Å². The molecular weight excluding hydrogens is 350 g/mol. The van der Waals surface area contributed by atoms with E-state index in [-0.39, 0.29) is 24.9 Å². The highest BCUT2D eigenvalue weighted by atomic mass is 16.5. The van der Waals surface area contributed by atoms with Gasteiger partial charge in [0.05, 0.1) is 24.1 Å². The number of hydrogen-bond donors (Lipinski definition) is 2. The van der Waals surface area contributed by atoms with Crippen molar-refractivity contribution in [1.82, 2.24) is 14.9 Å². The molecule has 1 aromatic carbocycles. The van der Waals surface area contributed by atoms with Gasteiger partial charge < -0.3 is 19.8 Å². The van der Waals surface area contributed by atoms with Gasteiger partial charge in [-0.15, -0.1) is 0 Å². The Balaban J connectivity index is 2.33. The molecule has 2 N–H and O–H groups in total. The number of nitrogens with zero attached hydrogens (tertiary/aromatic N) is 1. The van der Waals surface area contributed by atoms with Crippen LogP contribution in [-0.4, -0.2) is 34.7 Å². The lowest BCUT2D eigenvalue weighted by Crippen LogP contribution is -2.36. The molecule has 8 heteroatoms. The second kappa shape index (κ2) is 9.25. The quantitative estimate of drug-likeness (QED) is 0.694. The van der Waals surface area contributed by atoms with Gasteiger partial charge in [-0.3, -0.25) is 14.2 Å². The number of rotatable bonds is 9. The van der Waals surface area contributed by atoms with Gasteiger partial charge in [-0.25, -0.2) is 4.79 Å². The van der Waals surface area contributed by atoms with Crippen LogP contribution < -0.4 is 26.0 Å². The summed E-state index contributed by atoms with van der Waals surface area (Å²) in [5.41, 5.74) is -0.531. The monoisotopic (exact) mass is 377 g/mol. The number of ether oxygens (including phenoxy) is 2. The lowest BCUT2D eigenvalue weighted by molar-refractivity contribution is -0.121. The molecule has 0 aliphatic carbocycles. The smallest absolute Gasteiger partial charge is 0.328 e. The zero-order valence-corrected chi connectivity index (χ0v) is 16.3. The molecule has 1 amide bonds. The van der Waals surface area contributed by atoms with Gasteiger partial charge in [0.1, 0.15) is 0 Å². The molecule has 0 saturated carbocycles. The number of H-pyrrole nitrogens is 1. The van der Waals surface area contributed by atoms with Crippen molar-refractivity contribution in [2.45, 2.75) is 53.1 Å². The van der Waals surface area contributed by atoms with Crippen molar-refractivity contribution in [2.75, 3.05) is 13.2 Å². The van der Waals surface area contributed by atoms with Crippen LogP contribution in [0.4, 0.5) is 0 Å². The SMILES string of the molecule is CCOc1cc2[nH]c(=O)n(CCCC(=O)NC(C)C)c(=O)c2cc1OCC. The summed E-state index contributed by atoms with van der Waals surface area (Å²) in [5.74, 6) is 0.833. The van der Waals surface area contributed by atoms with Gasteiger partial charge in [0.25, 0.3) is 5.56 Å². The molecule has 148 valence electrons. The van der Waals surface area contributed by atoms with Gasteiger partial charge in [-0.1, -0.05) is 0 Å². The third-order valence-electron chi connectivity index (χ3n) is 3.88. The first-order chi connectivity index (χ1) is 12.9. The van der Waals surface area contributed by atoms with Crippen molar-refractivity contribution in [3.63, 3.8) is 0 Å². The Morgan fingerprint density at radius 1 is 1.15 bits per heavy atom. The Morgan fingerprint density at radius 2 is 1.78 bits per heavy atom. The number of aromatic amines is 1. The fourth-order valence-corrected chi connectivity index (χ4v) is 2.79. The Hall–Kier alpha value is -2.77. The molecule has 1 aromatic heterocycles. The van der Waals surface area contributed by atoms with Gasteiger partial charge >= 0.3 is 5.69 Å². The van der Waals surface area contributed by atoms with Crippen molar-refractivity contribution in [3.8, 4) is 11.5 Å². The molecule has 0 unspecified atom stereocenters. The summed E-state index contributed by atoms with van der Waals surface area (Å²) in [4.78, 5) is 39.5. The van der Waals surface area contributed by atoms with Crippen LogP contribution in [0, 0.1) is 0 Å². The van der Waals surface area contributed by atoms with Crippen LogP contribution in [0.1, 0.15) is 40.5 Å². The lowest BCUT2D eigenvalue weighted by atomic mass is 10.2. The van der Waals surface area contributed by atoms with E-state index < -0.39 is 11.2 Å². The summed E-state index contributed by atoms with van der Waals surface area (Å²) in [6.45, 7) is 8.46.